The van der Waals surface area contributed by atoms with Gasteiger partial charge in [0.1, 0.15) is 12.0 Å². The van der Waals surface area contributed by atoms with E-state index < -0.39 is 7.60 Å². The SMILES string of the molecule is CCOP(=O)(CN1CCSC(=Cc2cc(C)c(O)c(C)c2)C1=O)OCC. The van der Waals surface area contributed by atoms with E-state index in [9.17, 15) is 14.5 Å². The molecular formula is C18H26NO5PS. The first-order chi connectivity index (χ1) is 12.3. The van der Waals surface area contributed by atoms with Crippen LogP contribution in [0.3, 0.4) is 0 Å². The van der Waals surface area contributed by atoms with Crippen LogP contribution in [0.15, 0.2) is 17.0 Å². The van der Waals surface area contributed by atoms with Crippen molar-refractivity contribution in [2.45, 2.75) is 27.7 Å². The van der Waals surface area contributed by atoms with Gasteiger partial charge in [-0.05, 0) is 62.6 Å². The molecule has 26 heavy (non-hydrogen) atoms. The van der Waals surface area contributed by atoms with Gasteiger partial charge in [-0.3, -0.25) is 9.36 Å². The molecule has 1 amide bonds. The highest BCUT2D eigenvalue weighted by atomic mass is 32.2. The van der Waals surface area contributed by atoms with Crippen LogP contribution in [0.5, 0.6) is 5.75 Å². The van der Waals surface area contributed by atoms with Crippen molar-refractivity contribution in [2.24, 2.45) is 0 Å². The van der Waals surface area contributed by atoms with Crippen LogP contribution < -0.4 is 0 Å². The quantitative estimate of drug-likeness (QED) is 0.548. The third kappa shape index (κ3) is 5.13. The summed E-state index contributed by atoms with van der Waals surface area (Å²) in [5.41, 5.74) is 2.38. The fourth-order valence-corrected chi connectivity index (χ4v) is 5.48. The van der Waals surface area contributed by atoms with E-state index in [0.29, 0.717) is 17.2 Å². The predicted octanol–water partition coefficient (Wildman–Crippen LogP) is 4.15. The number of aryl methyl sites for hydroxylation is 2. The molecule has 2 rings (SSSR count). The molecule has 0 aliphatic carbocycles. The number of hydrogen-bond acceptors (Lipinski definition) is 6. The molecule has 1 fully saturated rings. The summed E-state index contributed by atoms with van der Waals surface area (Å²) in [7, 11) is -3.32. The molecule has 0 atom stereocenters. The number of rotatable bonds is 7. The van der Waals surface area contributed by atoms with Gasteiger partial charge >= 0.3 is 7.60 Å². The zero-order valence-corrected chi connectivity index (χ0v) is 17.4. The molecule has 1 aromatic carbocycles. The first kappa shape index (κ1) is 21.0. The Morgan fingerprint density at radius 1 is 1.23 bits per heavy atom. The van der Waals surface area contributed by atoms with E-state index in [2.05, 4.69) is 0 Å². The van der Waals surface area contributed by atoms with E-state index in [4.69, 9.17) is 9.05 Å². The summed E-state index contributed by atoms with van der Waals surface area (Å²) in [4.78, 5) is 14.9. The molecule has 1 aliphatic heterocycles. The fourth-order valence-electron chi connectivity index (χ4n) is 2.77. The Bertz CT molecular complexity index is 716. The molecule has 1 heterocycles. The monoisotopic (exact) mass is 399 g/mol. The van der Waals surface area contributed by atoms with Gasteiger partial charge in [-0.1, -0.05) is 0 Å². The average Bonchev–Trinajstić information content (AvgIpc) is 2.56. The normalized spacial score (nSPS) is 17.2. The highest BCUT2D eigenvalue weighted by molar-refractivity contribution is 8.04. The zero-order chi connectivity index (χ0) is 19.3. The van der Waals surface area contributed by atoms with Crippen LogP contribution in [0.1, 0.15) is 30.5 Å². The van der Waals surface area contributed by atoms with Crippen LogP contribution >= 0.6 is 19.4 Å². The smallest absolute Gasteiger partial charge is 0.349 e. The Balaban J connectivity index is 2.22. The molecule has 0 saturated carbocycles. The molecule has 1 aromatic rings. The first-order valence-corrected chi connectivity index (χ1v) is 11.3. The largest absolute Gasteiger partial charge is 0.507 e. The maximum absolute atomic E-state index is 12.8. The number of hydrogen-bond donors (Lipinski definition) is 1. The Hall–Kier alpha value is -1.27. The molecule has 6 nitrogen and oxygen atoms in total. The summed E-state index contributed by atoms with van der Waals surface area (Å²) >= 11 is 1.47. The second-order valence-electron chi connectivity index (χ2n) is 6.02. The van der Waals surface area contributed by atoms with Gasteiger partial charge in [0.15, 0.2) is 0 Å². The minimum absolute atomic E-state index is 0.0426. The Labute approximate surface area is 159 Å². The highest BCUT2D eigenvalue weighted by Crippen LogP contribution is 2.49. The van der Waals surface area contributed by atoms with E-state index in [1.807, 2.05) is 32.1 Å². The summed E-state index contributed by atoms with van der Waals surface area (Å²) in [6.07, 6.45) is 1.77. The molecule has 1 N–H and O–H groups in total. The van der Waals surface area contributed by atoms with Gasteiger partial charge < -0.3 is 19.1 Å². The Morgan fingerprint density at radius 2 is 1.81 bits per heavy atom. The average molecular weight is 399 g/mol. The maximum Gasteiger partial charge on any atom is 0.349 e. The highest BCUT2D eigenvalue weighted by Gasteiger charge is 2.33. The van der Waals surface area contributed by atoms with Crippen molar-refractivity contribution in [2.75, 3.05) is 31.8 Å². The first-order valence-electron chi connectivity index (χ1n) is 8.61. The van der Waals surface area contributed by atoms with E-state index in [-0.39, 0.29) is 31.2 Å². The van der Waals surface area contributed by atoms with Gasteiger partial charge in [0.25, 0.3) is 5.91 Å². The minimum atomic E-state index is -3.32. The molecule has 8 heteroatoms. The van der Waals surface area contributed by atoms with Crippen LogP contribution in [0.4, 0.5) is 0 Å². The summed E-state index contributed by atoms with van der Waals surface area (Å²) < 4.78 is 23.3. The zero-order valence-electron chi connectivity index (χ0n) is 15.7. The van der Waals surface area contributed by atoms with Crippen LogP contribution in [-0.4, -0.2) is 47.7 Å². The Morgan fingerprint density at radius 3 is 2.35 bits per heavy atom. The van der Waals surface area contributed by atoms with Crippen molar-refractivity contribution in [1.29, 1.82) is 0 Å². The predicted molar refractivity (Wildman–Crippen MR) is 105 cm³/mol. The lowest BCUT2D eigenvalue weighted by atomic mass is 10.1. The molecule has 0 unspecified atom stereocenters. The second-order valence-corrected chi connectivity index (χ2v) is 9.17. The minimum Gasteiger partial charge on any atom is -0.507 e. The van der Waals surface area contributed by atoms with Crippen molar-refractivity contribution in [3.05, 3.63) is 33.7 Å². The summed E-state index contributed by atoms with van der Waals surface area (Å²) in [6, 6.07) is 3.68. The molecule has 0 radical (unpaired) electrons. The van der Waals surface area contributed by atoms with Crippen LogP contribution in [0.25, 0.3) is 6.08 Å². The van der Waals surface area contributed by atoms with E-state index in [1.54, 1.807) is 13.8 Å². The number of nitrogens with zero attached hydrogens (tertiary/aromatic N) is 1. The fraction of sp³-hybridized carbons (Fsp3) is 0.500. The number of aromatic hydroxyl groups is 1. The number of phenolic OH excluding ortho intramolecular Hbond substituents is 1. The topological polar surface area (TPSA) is 76.1 Å². The lowest BCUT2D eigenvalue weighted by Gasteiger charge is -2.30. The maximum atomic E-state index is 12.8. The molecule has 0 bridgehead atoms. The van der Waals surface area contributed by atoms with Gasteiger partial charge in [-0.2, -0.15) is 0 Å². The summed E-state index contributed by atoms with van der Waals surface area (Å²) in [6.45, 7) is 8.19. The van der Waals surface area contributed by atoms with E-state index in [1.165, 1.54) is 16.7 Å². The number of benzene rings is 1. The summed E-state index contributed by atoms with van der Waals surface area (Å²) in [5, 5.41) is 9.90. The standard InChI is InChI=1S/C18H26NO5PS/c1-5-23-25(22,24-6-2)12-19-7-8-26-16(18(19)21)11-15-9-13(3)17(20)14(4)10-15/h9-11,20H,5-8,12H2,1-4H3. The lowest BCUT2D eigenvalue weighted by Crippen LogP contribution is -2.38. The van der Waals surface area contributed by atoms with Gasteiger partial charge in [0.2, 0.25) is 0 Å². The van der Waals surface area contributed by atoms with E-state index in [0.717, 1.165) is 16.7 Å². The molecule has 0 spiro atoms. The van der Waals surface area contributed by atoms with Crippen molar-refractivity contribution < 1.29 is 23.5 Å². The second kappa shape index (κ2) is 9.09. The van der Waals surface area contributed by atoms with Crippen molar-refractivity contribution in [3.8, 4) is 5.75 Å². The third-order valence-corrected chi connectivity index (χ3v) is 6.90. The summed E-state index contributed by atoms with van der Waals surface area (Å²) in [5.74, 6) is 0.807. The Kier molecular flexibility index (Phi) is 7.35. The molecule has 144 valence electrons. The number of carbonyl (C=O) groups excluding carboxylic acids is 1. The van der Waals surface area contributed by atoms with Gasteiger partial charge in [0, 0.05) is 12.3 Å². The number of thioether (sulfide) groups is 1. The van der Waals surface area contributed by atoms with Crippen molar-refractivity contribution >= 4 is 31.3 Å². The third-order valence-electron chi connectivity index (χ3n) is 3.92. The van der Waals surface area contributed by atoms with Crippen LogP contribution in [-0.2, 0) is 18.4 Å². The van der Waals surface area contributed by atoms with Gasteiger partial charge in [-0.25, -0.2) is 0 Å². The van der Waals surface area contributed by atoms with Gasteiger partial charge in [-0.15, -0.1) is 11.8 Å². The molecule has 0 aromatic heterocycles. The number of amides is 1. The van der Waals surface area contributed by atoms with Crippen LogP contribution in [0, 0.1) is 13.8 Å². The van der Waals surface area contributed by atoms with Crippen LogP contribution in [0.2, 0.25) is 0 Å². The van der Waals surface area contributed by atoms with E-state index >= 15 is 0 Å². The molecule has 1 aliphatic rings. The molecular weight excluding hydrogens is 373 g/mol. The van der Waals surface area contributed by atoms with Crippen molar-refractivity contribution in [3.63, 3.8) is 0 Å². The number of carbonyl (C=O) groups is 1. The number of phenols is 1. The van der Waals surface area contributed by atoms with Crippen molar-refractivity contribution in [1.82, 2.24) is 4.90 Å². The van der Waals surface area contributed by atoms with Gasteiger partial charge in [0.05, 0.1) is 18.1 Å². The molecule has 1 saturated heterocycles. The lowest BCUT2D eigenvalue weighted by molar-refractivity contribution is -0.125.